The molecule has 0 amide bonds. The lowest BCUT2D eigenvalue weighted by atomic mass is 10.1. The average Bonchev–Trinajstić information content (AvgIpc) is 2.22. The first-order chi connectivity index (χ1) is 7.22. The van der Waals surface area contributed by atoms with Gasteiger partial charge in [-0.1, -0.05) is 6.07 Å². The summed E-state index contributed by atoms with van der Waals surface area (Å²) in [7, 11) is 0. The normalized spacial score (nSPS) is 10.3. The minimum absolute atomic E-state index is 0.180. The summed E-state index contributed by atoms with van der Waals surface area (Å²) in [5, 5.41) is 0. The van der Waals surface area contributed by atoms with Gasteiger partial charge in [-0.15, -0.1) is 0 Å². The number of ketones is 1. The second-order valence-electron chi connectivity index (χ2n) is 3.49. The van der Waals surface area contributed by atoms with Crippen molar-refractivity contribution in [1.82, 2.24) is 4.98 Å². The van der Waals surface area contributed by atoms with Crippen molar-refractivity contribution in [3.63, 3.8) is 0 Å². The van der Waals surface area contributed by atoms with Gasteiger partial charge >= 0.3 is 0 Å². The maximum absolute atomic E-state index is 11.5. The monoisotopic (exact) mass is 207 g/mol. The molecule has 0 atom stereocenters. The molecular weight excluding hydrogens is 190 g/mol. The fraction of sp³-hybridized carbons (Fsp3) is 0.500. The smallest absolute Gasteiger partial charge is 0.141 e. The van der Waals surface area contributed by atoms with E-state index in [1.807, 2.05) is 26.0 Å². The summed E-state index contributed by atoms with van der Waals surface area (Å²) in [4.78, 5) is 15.6. The van der Waals surface area contributed by atoms with Crippen LogP contribution in [0.5, 0.6) is 0 Å². The summed E-state index contributed by atoms with van der Waals surface area (Å²) in [6.07, 6.45) is 2.67. The molecule has 0 aliphatic carbocycles. The SMILES string of the molecule is CCOCCC(=O)Cc1ccc(C)cn1. The van der Waals surface area contributed by atoms with E-state index < -0.39 is 0 Å². The van der Waals surface area contributed by atoms with E-state index in [2.05, 4.69) is 4.98 Å². The molecular formula is C12H17NO2. The molecule has 1 rings (SSSR count). The van der Waals surface area contributed by atoms with Gasteiger partial charge in [0.1, 0.15) is 5.78 Å². The van der Waals surface area contributed by atoms with E-state index in [4.69, 9.17) is 4.74 Å². The topological polar surface area (TPSA) is 39.2 Å². The molecule has 0 saturated heterocycles. The summed E-state index contributed by atoms with van der Waals surface area (Å²) < 4.78 is 5.12. The van der Waals surface area contributed by atoms with Gasteiger partial charge in [-0.25, -0.2) is 0 Å². The van der Waals surface area contributed by atoms with Crippen LogP contribution in [0.25, 0.3) is 0 Å². The zero-order valence-corrected chi connectivity index (χ0v) is 9.32. The highest BCUT2D eigenvalue weighted by Gasteiger charge is 2.04. The molecule has 0 fully saturated rings. The third kappa shape index (κ3) is 4.70. The lowest BCUT2D eigenvalue weighted by Gasteiger charge is -2.01. The number of carbonyl (C=O) groups excluding carboxylic acids is 1. The number of pyridine rings is 1. The molecule has 0 aliphatic rings. The van der Waals surface area contributed by atoms with E-state index in [-0.39, 0.29) is 5.78 Å². The Morgan fingerprint density at radius 2 is 2.27 bits per heavy atom. The van der Waals surface area contributed by atoms with Gasteiger partial charge in [0.15, 0.2) is 0 Å². The lowest BCUT2D eigenvalue weighted by Crippen LogP contribution is -2.08. The number of Topliss-reactive ketones (excluding diaryl/α,β-unsaturated/α-hetero) is 1. The number of hydrogen-bond donors (Lipinski definition) is 0. The Morgan fingerprint density at radius 3 is 2.87 bits per heavy atom. The number of rotatable bonds is 6. The van der Waals surface area contributed by atoms with Crippen LogP contribution in [0.2, 0.25) is 0 Å². The number of nitrogens with zero attached hydrogens (tertiary/aromatic N) is 1. The van der Waals surface area contributed by atoms with Crippen LogP contribution in [-0.2, 0) is 16.0 Å². The van der Waals surface area contributed by atoms with Crippen LogP contribution in [0, 0.1) is 6.92 Å². The molecule has 0 N–H and O–H groups in total. The summed E-state index contributed by atoms with van der Waals surface area (Å²) >= 11 is 0. The number of hydrogen-bond acceptors (Lipinski definition) is 3. The van der Waals surface area contributed by atoms with Crippen molar-refractivity contribution in [1.29, 1.82) is 0 Å². The zero-order chi connectivity index (χ0) is 11.1. The molecule has 1 aromatic heterocycles. The van der Waals surface area contributed by atoms with Gasteiger partial charge in [0, 0.05) is 31.3 Å². The molecule has 0 aliphatic heterocycles. The van der Waals surface area contributed by atoms with Crippen LogP contribution in [0.1, 0.15) is 24.6 Å². The second kappa shape index (κ2) is 6.30. The maximum Gasteiger partial charge on any atom is 0.141 e. The van der Waals surface area contributed by atoms with E-state index in [0.29, 0.717) is 26.1 Å². The summed E-state index contributed by atoms with van der Waals surface area (Å²) in [6.45, 7) is 5.08. The third-order valence-electron chi connectivity index (χ3n) is 2.08. The van der Waals surface area contributed by atoms with Gasteiger partial charge in [0.2, 0.25) is 0 Å². The Morgan fingerprint density at radius 1 is 1.47 bits per heavy atom. The van der Waals surface area contributed by atoms with Crippen molar-refractivity contribution in [3.8, 4) is 0 Å². The van der Waals surface area contributed by atoms with Crippen LogP contribution < -0.4 is 0 Å². The molecule has 15 heavy (non-hydrogen) atoms. The first kappa shape index (κ1) is 11.9. The van der Waals surface area contributed by atoms with Gasteiger partial charge in [-0.05, 0) is 25.5 Å². The maximum atomic E-state index is 11.5. The molecule has 0 unspecified atom stereocenters. The van der Waals surface area contributed by atoms with E-state index in [0.717, 1.165) is 11.3 Å². The minimum Gasteiger partial charge on any atom is -0.381 e. The van der Waals surface area contributed by atoms with Crippen molar-refractivity contribution < 1.29 is 9.53 Å². The largest absolute Gasteiger partial charge is 0.381 e. The molecule has 82 valence electrons. The minimum atomic E-state index is 0.180. The van der Waals surface area contributed by atoms with Crippen LogP contribution in [-0.4, -0.2) is 24.0 Å². The summed E-state index contributed by atoms with van der Waals surface area (Å²) in [5.74, 6) is 0.180. The van der Waals surface area contributed by atoms with Crippen molar-refractivity contribution in [2.45, 2.75) is 26.7 Å². The average molecular weight is 207 g/mol. The van der Waals surface area contributed by atoms with Gasteiger partial charge in [-0.3, -0.25) is 9.78 Å². The summed E-state index contributed by atoms with van der Waals surface area (Å²) in [6, 6.07) is 3.87. The molecule has 0 bridgehead atoms. The Labute approximate surface area is 90.5 Å². The Kier molecular flexibility index (Phi) is 4.98. The molecule has 0 radical (unpaired) electrons. The summed E-state index contributed by atoms with van der Waals surface area (Å²) in [5.41, 5.74) is 1.95. The van der Waals surface area contributed by atoms with Gasteiger partial charge in [0.05, 0.1) is 6.61 Å². The fourth-order valence-electron chi connectivity index (χ4n) is 1.22. The second-order valence-corrected chi connectivity index (χ2v) is 3.49. The molecule has 1 aromatic rings. The molecule has 3 nitrogen and oxygen atoms in total. The first-order valence-corrected chi connectivity index (χ1v) is 5.23. The van der Waals surface area contributed by atoms with Crippen LogP contribution in [0.4, 0.5) is 0 Å². The Bertz CT molecular complexity index is 306. The van der Waals surface area contributed by atoms with Gasteiger partial charge in [-0.2, -0.15) is 0 Å². The van der Waals surface area contributed by atoms with Crippen LogP contribution >= 0.6 is 0 Å². The number of aryl methyl sites for hydroxylation is 1. The zero-order valence-electron chi connectivity index (χ0n) is 9.32. The quantitative estimate of drug-likeness (QED) is 0.669. The highest BCUT2D eigenvalue weighted by molar-refractivity contribution is 5.80. The molecule has 0 spiro atoms. The molecule has 3 heteroatoms. The number of aromatic nitrogens is 1. The lowest BCUT2D eigenvalue weighted by molar-refractivity contribution is -0.119. The number of ether oxygens (including phenoxy) is 1. The van der Waals surface area contributed by atoms with Crippen molar-refractivity contribution in [2.24, 2.45) is 0 Å². The predicted octanol–water partition coefficient (Wildman–Crippen LogP) is 1.93. The van der Waals surface area contributed by atoms with Crippen molar-refractivity contribution >= 4 is 5.78 Å². The fourth-order valence-corrected chi connectivity index (χ4v) is 1.22. The van der Waals surface area contributed by atoms with Gasteiger partial charge in [0.25, 0.3) is 0 Å². The van der Waals surface area contributed by atoms with Gasteiger partial charge < -0.3 is 4.74 Å². The Balaban J connectivity index is 2.34. The van der Waals surface area contributed by atoms with Crippen LogP contribution in [0.3, 0.4) is 0 Å². The molecule has 0 saturated carbocycles. The van der Waals surface area contributed by atoms with Crippen molar-refractivity contribution in [2.75, 3.05) is 13.2 Å². The highest BCUT2D eigenvalue weighted by Crippen LogP contribution is 2.01. The van der Waals surface area contributed by atoms with E-state index in [9.17, 15) is 4.79 Å². The predicted molar refractivity (Wildman–Crippen MR) is 58.8 cm³/mol. The Hall–Kier alpha value is -1.22. The third-order valence-corrected chi connectivity index (χ3v) is 2.08. The van der Waals surface area contributed by atoms with Crippen LogP contribution in [0.15, 0.2) is 18.3 Å². The van der Waals surface area contributed by atoms with E-state index in [1.54, 1.807) is 6.20 Å². The molecule has 0 aromatic carbocycles. The van der Waals surface area contributed by atoms with Crippen molar-refractivity contribution in [3.05, 3.63) is 29.6 Å². The number of carbonyl (C=O) groups is 1. The molecule has 1 heterocycles. The van der Waals surface area contributed by atoms with E-state index in [1.165, 1.54) is 0 Å². The standard InChI is InChI=1S/C12H17NO2/c1-3-15-7-6-12(14)8-11-5-4-10(2)9-13-11/h4-5,9H,3,6-8H2,1-2H3. The first-order valence-electron chi connectivity index (χ1n) is 5.23. The highest BCUT2D eigenvalue weighted by atomic mass is 16.5. The van der Waals surface area contributed by atoms with E-state index >= 15 is 0 Å².